The Bertz CT molecular complexity index is 1180. The van der Waals surface area contributed by atoms with Gasteiger partial charge in [-0.15, -0.1) is 0 Å². The number of hydrogen-bond acceptors (Lipinski definition) is 8. The molecule has 2 N–H and O–H groups in total. The van der Waals surface area contributed by atoms with Crippen molar-refractivity contribution in [2.24, 2.45) is 0 Å². The maximum Gasteiger partial charge on any atom is 0.258 e. The smallest absolute Gasteiger partial charge is 0.258 e. The predicted molar refractivity (Wildman–Crippen MR) is 118 cm³/mol. The molecule has 164 valence electrons. The van der Waals surface area contributed by atoms with Crippen LogP contribution in [0.15, 0.2) is 36.4 Å². The summed E-state index contributed by atoms with van der Waals surface area (Å²) in [7, 11) is 3.01. The normalized spacial score (nSPS) is 11.7. The van der Waals surface area contributed by atoms with Crippen LogP contribution in [0.25, 0.3) is 10.9 Å². The molecule has 2 heterocycles. The molecule has 9 heteroatoms. The third-order valence-electron chi connectivity index (χ3n) is 5.02. The van der Waals surface area contributed by atoms with Crippen LogP contribution in [0.4, 0.5) is 5.82 Å². The van der Waals surface area contributed by atoms with Crippen LogP contribution in [0, 0.1) is 11.3 Å². The molecule has 1 aromatic heterocycles. The molecule has 4 rings (SSSR count). The van der Waals surface area contributed by atoms with Crippen molar-refractivity contribution < 1.29 is 23.7 Å². The maximum atomic E-state index is 12.6. The molecule has 0 saturated carbocycles. The van der Waals surface area contributed by atoms with E-state index in [1.165, 1.54) is 14.2 Å². The molecule has 9 nitrogen and oxygen atoms in total. The molecule has 0 fully saturated rings. The van der Waals surface area contributed by atoms with E-state index in [-0.39, 0.29) is 12.7 Å². The van der Waals surface area contributed by atoms with Gasteiger partial charge in [-0.05, 0) is 30.7 Å². The van der Waals surface area contributed by atoms with Crippen molar-refractivity contribution in [3.05, 3.63) is 47.5 Å². The second kappa shape index (κ2) is 9.31. The number of nitrogens with one attached hydrogen (secondary N) is 2. The number of pyridine rings is 1. The molecule has 2 aromatic carbocycles. The summed E-state index contributed by atoms with van der Waals surface area (Å²) in [5.41, 5.74) is 1.48. The van der Waals surface area contributed by atoms with Crippen LogP contribution >= 0.6 is 0 Å². The second-order valence-electron chi connectivity index (χ2n) is 6.97. The molecule has 0 atom stereocenters. The van der Waals surface area contributed by atoms with E-state index in [4.69, 9.17) is 18.9 Å². The van der Waals surface area contributed by atoms with Crippen molar-refractivity contribution in [2.45, 2.75) is 6.42 Å². The van der Waals surface area contributed by atoms with Crippen LogP contribution in [0.3, 0.4) is 0 Å². The van der Waals surface area contributed by atoms with E-state index in [9.17, 15) is 10.1 Å². The number of rotatable bonds is 8. The monoisotopic (exact) mass is 434 g/mol. The van der Waals surface area contributed by atoms with Crippen molar-refractivity contribution in [1.82, 2.24) is 10.3 Å². The molecular weight excluding hydrogens is 412 g/mol. The summed E-state index contributed by atoms with van der Waals surface area (Å²) in [6.07, 6.45) is 0.620. The van der Waals surface area contributed by atoms with Crippen molar-refractivity contribution >= 4 is 22.6 Å². The highest BCUT2D eigenvalue weighted by molar-refractivity contribution is 5.99. The quantitative estimate of drug-likeness (QED) is 0.520. The standard InChI is InChI=1S/C23H22N4O5/c1-29-17-5-3-6-18(30-2)21(17)23(28)26-8-4-7-25-22-15(12-24)9-14-10-19-20(32-13-31-19)11-16(14)27-22/h3,5-6,9-11H,4,7-8,13H2,1-2H3,(H,25,27)(H,26,28). The molecule has 0 bridgehead atoms. The Morgan fingerprint density at radius 1 is 1.12 bits per heavy atom. The summed E-state index contributed by atoms with van der Waals surface area (Å²) >= 11 is 0. The lowest BCUT2D eigenvalue weighted by Crippen LogP contribution is -2.26. The van der Waals surface area contributed by atoms with E-state index >= 15 is 0 Å². The van der Waals surface area contributed by atoms with Crippen molar-refractivity contribution in [2.75, 3.05) is 39.4 Å². The van der Waals surface area contributed by atoms with Gasteiger partial charge in [-0.1, -0.05) is 6.07 Å². The average Bonchev–Trinajstić information content (AvgIpc) is 3.28. The fourth-order valence-corrected chi connectivity index (χ4v) is 3.44. The van der Waals surface area contributed by atoms with Gasteiger partial charge < -0.3 is 29.6 Å². The Kier molecular flexibility index (Phi) is 6.12. The molecular formula is C23H22N4O5. The molecule has 1 aliphatic heterocycles. The topological polar surface area (TPSA) is 115 Å². The first-order valence-electron chi connectivity index (χ1n) is 10.0. The van der Waals surface area contributed by atoms with Crippen LogP contribution in [-0.2, 0) is 0 Å². The summed E-state index contributed by atoms with van der Waals surface area (Å²) in [6.45, 7) is 1.11. The first-order chi connectivity index (χ1) is 15.6. The van der Waals surface area contributed by atoms with Crippen LogP contribution < -0.4 is 29.6 Å². The summed E-state index contributed by atoms with van der Waals surface area (Å²) in [5.74, 6) is 2.37. The van der Waals surface area contributed by atoms with Crippen LogP contribution in [0.1, 0.15) is 22.3 Å². The lowest BCUT2D eigenvalue weighted by Gasteiger charge is -2.13. The van der Waals surface area contributed by atoms with Crippen molar-refractivity contribution in [3.8, 4) is 29.1 Å². The van der Waals surface area contributed by atoms with E-state index in [1.807, 2.05) is 6.07 Å². The van der Waals surface area contributed by atoms with Crippen LogP contribution in [-0.4, -0.2) is 45.0 Å². The predicted octanol–water partition coefficient (Wildman–Crippen LogP) is 3.08. The lowest BCUT2D eigenvalue weighted by atomic mass is 10.1. The Balaban J connectivity index is 1.37. The number of hydrogen-bond donors (Lipinski definition) is 2. The molecule has 3 aromatic rings. The number of amides is 1. The summed E-state index contributed by atoms with van der Waals surface area (Å²) in [5, 5.41) is 16.3. The van der Waals surface area contributed by atoms with E-state index < -0.39 is 0 Å². The van der Waals surface area contributed by atoms with Gasteiger partial charge in [0.2, 0.25) is 6.79 Å². The molecule has 1 amide bonds. The first kappa shape index (κ1) is 21.1. The Morgan fingerprint density at radius 2 is 1.84 bits per heavy atom. The Labute approximate surface area is 184 Å². The molecule has 0 saturated heterocycles. The van der Waals surface area contributed by atoms with Crippen LogP contribution in [0.2, 0.25) is 0 Å². The molecule has 32 heavy (non-hydrogen) atoms. The largest absolute Gasteiger partial charge is 0.496 e. The minimum absolute atomic E-state index is 0.175. The lowest BCUT2D eigenvalue weighted by molar-refractivity contribution is 0.0947. The number of benzene rings is 2. The second-order valence-corrected chi connectivity index (χ2v) is 6.97. The third kappa shape index (κ3) is 4.16. The zero-order valence-corrected chi connectivity index (χ0v) is 17.7. The Hall–Kier alpha value is -4.19. The van der Waals surface area contributed by atoms with Gasteiger partial charge >= 0.3 is 0 Å². The van der Waals surface area contributed by atoms with Gasteiger partial charge in [0.25, 0.3) is 5.91 Å². The number of fused-ring (bicyclic) bond motifs is 2. The number of aromatic nitrogens is 1. The zero-order valence-electron chi connectivity index (χ0n) is 17.7. The van der Waals surface area contributed by atoms with E-state index in [1.54, 1.807) is 30.3 Å². The minimum Gasteiger partial charge on any atom is -0.496 e. The number of ether oxygens (including phenoxy) is 4. The fourth-order valence-electron chi connectivity index (χ4n) is 3.44. The number of nitrogens with zero attached hydrogens (tertiary/aromatic N) is 2. The molecule has 0 aliphatic carbocycles. The summed E-state index contributed by atoms with van der Waals surface area (Å²) in [4.78, 5) is 17.2. The Morgan fingerprint density at radius 3 is 2.53 bits per heavy atom. The highest BCUT2D eigenvalue weighted by Gasteiger charge is 2.18. The van der Waals surface area contributed by atoms with Crippen molar-refractivity contribution in [1.29, 1.82) is 5.26 Å². The number of nitriles is 1. The summed E-state index contributed by atoms with van der Waals surface area (Å²) in [6, 6.07) is 12.7. The number of anilines is 1. The van der Waals surface area contributed by atoms with Crippen LogP contribution in [0.5, 0.6) is 23.0 Å². The maximum absolute atomic E-state index is 12.6. The van der Waals surface area contributed by atoms with Gasteiger partial charge in [-0.25, -0.2) is 4.98 Å². The molecule has 0 radical (unpaired) electrons. The van der Waals surface area contributed by atoms with Gasteiger partial charge in [-0.2, -0.15) is 5.26 Å². The summed E-state index contributed by atoms with van der Waals surface area (Å²) < 4.78 is 21.3. The van der Waals surface area contributed by atoms with Gasteiger partial charge in [0.15, 0.2) is 11.5 Å². The zero-order chi connectivity index (χ0) is 22.5. The number of carbonyl (C=O) groups excluding carboxylic acids is 1. The molecule has 1 aliphatic rings. The third-order valence-corrected chi connectivity index (χ3v) is 5.02. The number of methoxy groups -OCH3 is 2. The van der Waals surface area contributed by atoms with E-state index in [0.29, 0.717) is 65.0 Å². The van der Waals surface area contributed by atoms with Crippen molar-refractivity contribution in [3.63, 3.8) is 0 Å². The molecule has 0 unspecified atom stereocenters. The number of carbonyl (C=O) groups is 1. The van der Waals surface area contributed by atoms with E-state index in [0.717, 1.165) is 5.39 Å². The minimum atomic E-state index is -0.281. The average molecular weight is 434 g/mol. The van der Waals surface area contributed by atoms with Gasteiger partial charge in [0, 0.05) is 24.5 Å². The SMILES string of the molecule is COc1cccc(OC)c1C(=O)NCCCNc1nc2cc3c(cc2cc1C#N)OCO3. The first-order valence-corrected chi connectivity index (χ1v) is 10.0. The highest BCUT2D eigenvalue weighted by Crippen LogP contribution is 2.36. The van der Waals surface area contributed by atoms with Gasteiger partial charge in [0.05, 0.1) is 25.3 Å². The van der Waals surface area contributed by atoms with E-state index in [2.05, 4.69) is 21.7 Å². The van der Waals surface area contributed by atoms with Gasteiger partial charge in [-0.3, -0.25) is 4.79 Å². The molecule has 0 spiro atoms. The highest BCUT2D eigenvalue weighted by atomic mass is 16.7. The fraction of sp³-hybridized carbons (Fsp3) is 0.261. The van der Waals surface area contributed by atoms with Gasteiger partial charge in [0.1, 0.15) is 28.9 Å².